The van der Waals surface area contributed by atoms with Gasteiger partial charge < -0.3 is 15.7 Å². The van der Waals surface area contributed by atoms with Crippen LogP contribution < -0.4 is 20.8 Å². The van der Waals surface area contributed by atoms with Crippen LogP contribution in [0.15, 0.2) is 72.8 Å². The van der Waals surface area contributed by atoms with Gasteiger partial charge in [-0.1, -0.05) is 30.3 Å². The Morgan fingerprint density at radius 3 is 2.20 bits per heavy atom. The molecule has 44 heavy (non-hydrogen) atoms. The minimum absolute atomic E-state index is 0.0138. The van der Waals surface area contributed by atoms with Crippen molar-refractivity contribution in [2.45, 2.75) is 44.8 Å². The van der Waals surface area contributed by atoms with Crippen molar-refractivity contribution in [3.8, 4) is 0 Å². The smallest absolute Gasteiger partial charge is 0.418 e. The Morgan fingerprint density at radius 1 is 0.909 bits per heavy atom. The Balaban J connectivity index is 1.59. The summed E-state index contributed by atoms with van der Waals surface area (Å²) in [5.41, 5.74) is 1.05. The SMILES string of the molecule is O=C(O)CCNC(=O)c1ccc(CN(C(=O)Nc2ccc(N(O)O)c(C(F)(F)F)c2)c2ccc(C3=CCCCC3)cc2)cc1. The van der Waals surface area contributed by atoms with Crippen molar-refractivity contribution < 1.29 is 43.1 Å². The van der Waals surface area contributed by atoms with Crippen LogP contribution >= 0.6 is 0 Å². The molecule has 1 aliphatic rings. The second-order valence-corrected chi connectivity index (χ2v) is 10.2. The molecule has 13 heteroatoms. The molecule has 0 aromatic heterocycles. The first-order chi connectivity index (χ1) is 20.9. The van der Waals surface area contributed by atoms with Crippen molar-refractivity contribution in [2.24, 2.45) is 0 Å². The number of hydrogen-bond acceptors (Lipinski definition) is 6. The lowest BCUT2D eigenvalue weighted by Gasteiger charge is -2.25. The molecule has 0 radical (unpaired) electrons. The number of carboxylic acids is 1. The number of carbonyl (C=O) groups excluding carboxylic acids is 2. The van der Waals surface area contributed by atoms with Crippen molar-refractivity contribution in [1.29, 1.82) is 0 Å². The molecule has 1 aliphatic carbocycles. The molecule has 3 aromatic rings. The summed E-state index contributed by atoms with van der Waals surface area (Å²) in [5, 5.41) is 31.5. The van der Waals surface area contributed by atoms with Gasteiger partial charge in [-0.25, -0.2) is 4.79 Å². The third kappa shape index (κ3) is 8.36. The van der Waals surface area contributed by atoms with E-state index in [1.165, 1.54) is 22.6 Å². The van der Waals surface area contributed by atoms with E-state index in [0.29, 0.717) is 17.3 Å². The number of rotatable bonds is 10. The second-order valence-electron chi connectivity index (χ2n) is 10.2. The minimum Gasteiger partial charge on any atom is -0.481 e. The van der Waals surface area contributed by atoms with Crippen molar-refractivity contribution in [3.05, 3.63) is 95.1 Å². The van der Waals surface area contributed by atoms with E-state index in [4.69, 9.17) is 5.11 Å². The summed E-state index contributed by atoms with van der Waals surface area (Å²) in [6, 6.07) is 15.3. The van der Waals surface area contributed by atoms with E-state index >= 15 is 0 Å². The molecule has 3 amide bonds. The lowest BCUT2D eigenvalue weighted by molar-refractivity contribution is -0.138. The molecule has 5 N–H and O–H groups in total. The maximum atomic E-state index is 13.6. The van der Waals surface area contributed by atoms with Gasteiger partial charge in [0.05, 0.1) is 18.5 Å². The second kappa shape index (κ2) is 14.1. The van der Waals surface area contributed by atoms with Gasteiger partial charge in [-0.3, -0.25) is 24.9 Å². The van der Waals surface area contributed by atoms with Crippen molar-refractivity contribution in [2.75, 3.05) is 22.0 Å². The Morgan fingerprint density at radius 2 is 1.61 bits per heavy atom. The van der Waals surface area contributed by atoms with Crippen LogP contribution in [0.3, 0.4) is 0 Å². The maximum Gasteiger partial charge on any atom is 0.418 e. The van der Waals surface area contributed by atoms with Crippen LogP contribution in [0, 0.1) is 0 Å². The molecule has 0 heterocycles. The summed E-state index contributed by atoms with van der Waals surface area (Å²) in [6.45, 7) is -0.0531. The predicted molar refractivity (Wildman–Crippen MR) is 157 cm³/mol. The molecule has 3 aromatic carbocycles. The molecule has 232 valence electrons. The molecule has 0 spiro atoms. The minimum atomic E-state index is -4.94. The van der Waals surface area contributed by atoms with Gasteiger partial charge in [0.25, 0.3) is 5.91 Å². The number of anilines is 3. The lowest BCUT2D eigenvalue weighted by Crippen LogP contribution is -2.34. The number of carbonyl (C=O) groups is 3. The van der Waals surface area contributed by atoms with Crippen LogP contribution in [0.2, 0.25) is 0 Å². The van der Waals surface area contributed by atoms with E-state index in [2.05, 4.69) is 16.7 Å². The molecule has 0 aliphatic heterocycles. The van der Waals surface area contributed by atoms with Gasteiger partial charge in [0.1, 0.15) is 5.69 Å². The fraction of sp³-hybridized carbons (Fsp3) is 0.258. The lowest BCUT2D eigenvalue weighted by atomic mass is 9.93. The maximum absolute atomic E-state index is 13.6. The molecule has 0 fully saturated rings. The fourth-order valence-electron chi connectivity index (χ4n) is 4.77. The highest BCUT2D eigenvalue weighted by molar-refractivity contribution is 6.02. The molecule has 4 rings (SSSR count). The quantitative estimate of drug-likeness (QED) is 0.161. The van der Waals surface area contributed by atoms with E-state index in [0.717, 1.165) is 43.4 Å². The molecule has 10 nitrogen and oxygen atoms in total. The number of carboxylic acid groups (broad SMARTS) is 1. The number of alkyl halides is 3. The molecule has 0 saturated heterocycles. The Bertz CT molecular complexity index is 1520. The number of allylic oxidation sites excluding steroid dienone is 2. The summed E-state index contributed by atoms with van der Waals surface area (Å²) >= 11 is 0. The number of nitrogens with one attached hydrogen (secondary N) is 2. The Kier molecular flexibility index (Phi) is 10.2. The zero-order valence-corrected chi connectivity index (χ0v) is 23.5. The van der Waals surface area contributed by atoms with E-state index in [1.807, 2.05) is 12.1 Å². The largest absolute Gasteiger partial charge is 0.481 e. The first-order valence-corrected chi connectivity index (χ1v) is 13.8. The fourth-order valence-corrected chi connectivity index (χ4v) is 4.77. The molecule has 0 bridgehead atoms. The van der Waals surface area contributed by atoms with Crippen LogP contribution in [-0.2, 0) is 17.5 Å². The van der Waals surface area contributed by atoms with Gasteiger partial charge in [-0.05, 0) is 84.8 Å². The van der Waals surface area contributed by atoms with Crippen molar-refractivity contribution >= 4 is 40.5 Å². The first-order valence-electron chi connectivity index (χ1n) is 13.8. The third-order valence-corrected chi connectivity index (χ3v) is 7.04. The van der Waals surface area contributed by atoms with Crippen LogP contribution in [0.25, 0.3) is 5.57 Å². The van der Waals surface area contributed by atoms with E-state index < -0.39 is 40.6 Å². The van der Waals surface area contributed by atoms with Gasteiger partial charge >= 0.3 is 18.2 Å². The highest BCUT2D eigenvalue weighted by Crippen LogP contribution is 2.38. The molecular formula is C31H31F3N4O6. The van der Waals surface area contributed by atoms with E-state index in [-0.39, 0.29) is 30.8 Å². The van der Waals surface area contributed by atoms with Crippen molar-refractivity contribution in [1.82, 2.24) is 5.32 Å². The monoisotopic (exact) mass is 612 g/mol. The average molecular weight is 613 g/mol. The highest BCUT2D eigenvalue weighted by atomic mass is 19.4. The van der Waals surface area contributed by atoms with Crippen LogP contribution in [0.5, 0.6) is 0 Å². The summed E-state index contributed by atoms with van der Waals surface area (Å²) in [4.78, 5) is 37.9. The zero-order valence-electron chi connectivity index (χ0n) is 23.5. The van der Waals surface area contributed by atoms with Crippen LogP contribution in [0.1, 0.15) is 59.2 Å². The molecule has 0 atom stereocenters. The summed E-state index contributed by atoms with van der Waals surface area (Å²) in [5.74, 6) is -1.51. The summed E-state index contributed by atoms with van der Waals surface area (Å²) in [7, 11) is 0. The van der Waals surface area contributed by atoms with Crippen LogP contribution in [0.4, 0.5) is 35.0 Å². The van der Waals surface area contributed by atoms with Crippen molar-refractivity contribution in [3.63, 3.8) is 0 Å². The third-order valence-electron chi connectivity index (χ3n) is 7.04. The molecular weight excluding hydrogens is 581 g/mol. The summed E-state index contributed by atoms with van der Waals surface area (Å²) in [6.07, 6.45) is 1.16. The van der Waals surface area contributed by atoms with Gasteiger partial charge in [0.15, 0.2) is 0 Å². The van der Waals surface area contributed by atoms with Gasteiger partial charge in [0.2, 0.25) is 0 Å². The summed E-state index contributed by atoms with van der Waals surface area (Å²) < 4.78 is 40.8. The first kappa shape index (κ1) is 32.0. The van der Waals surface area contributed by atoms with E-state index in [9.17, 15) is 38.0 Å². The topological polar surface area (TPSA) is 142 Å². The number of nitrogens with zero attached hydrogens (tertiary/aromatic N) is 2. The Hall–Kier alpha value is -4.88. The average Bonchev–Trinajstić information content (AvgIpc) is 3.00. The number of benzene rings is 3. The highest BCUT2D eigenvalue weighted by Gasteiger charge is 2.35. The normalized spacial score (nSPS) is 13.1. The van der Waals surface area contributed by atoms with Gasteiger partial charge in [0, 0.05) is 23.5 Å². The number of hydrogen-bond donors (Lipinski definition) is 5. The van der Waals surface area contributed by atoms with Gasteiger partial charge in [-0.15, -0.1) is 5.23 Å². The molecule has 0 saturated carbocycles. The number of urea groups is 1. The van der Waals surface area contributed by atoms with Gasteiger partial charge in [-0.2, -0.15) is 13.2 Å². The zero-order chi connectivity index (χ0) is 31.9. The Labute approximate surface area is 250 Å². The number of amides is 3. The number of halogens is 3. The number of aliphatic carboxylic acids is 1. The van der Waals surface area contributed by atoms with Crippen LogP contribution in [-0.4, -0.2) is 40.0 Å². The van der Waals surface area contributed by atoms with E-state index in [1.54, 1.807) is 24.3 Å². The molecule has 0 unspecified atom stereocenters. The standard InChI is InChI=1S/C31H31F3N4O6/c32-31(33,34)26-18-24(12-15-27(26)38(43)44)36-30(42)37(25-13-10-22(11-14-25)21-4-2-1-3-5-21)19-20-6-8-23(9-7-20)29(41)35-17-16-28(39)40/h4,6-15,18,43-44H,1-3,5,16-17,19H2,(H,35,41)(H,36,42)(H,39,40). The predicted octanol–water partition coefficient (Wildman–Crippen LogP) is 6.69.